The van der Waals surface area contributed by atoms with E-state index in [1.807, 2.05) is 6.07 Å². The summed E-state index contributed by atoms with van der Waals surface area (Å²) in [7, 11) is 0. The van der Waals surface area contributed by atoms with Gasteiger partial charge in [-0.25, -0.2) is 0 Å². The Morgan fingerprint density at radius 2 is 2.00 bits per heavy atom. The molecular formula is C13H15N3O4. The van der Waals surface area contributed by atoms with Crippen LogP contribution in [0.3, 0.4) is 0 Å². The van der Waals surface area contributed by atoms with Crippen molar-refractivity contribution >= 4 is 23.5 Å². The highest BCUT2D eigenvalue weighted by Crippen LogP contribution is 2.22. The summed E-state index contributed by atoms with van der Waals surface area (Å²) in [6, 6.07) is 5.33. The highest BCUT2D eigenvalue weighted by Gasteiger charge is 2.14. The Morgan fingerprint density at radius 3 is 2.75 bits per heavy atom. The van der Waals surface area contributed by atoms with Gasteiger partial charge in [-0.2, -0.15) is 0 Å². The number of carboxylic acid groups (broad SMARTS) is 1. The fourth-order valence-electron chi connectivity index (χ4n) is 1.93. The first-order valence-corrected chi connectivity index (χ1v) is 6.20. The quantitative estimate of drug-likeness (QED) is 0.585. The zero-order valence-electron chi connectivity index (χ0n) is 10.7. The lowest BCUT2D eigenvalue weighted by Gasteiger charge is -2.07. The number of nitrogens with one attached hydrogen (secondary N) is 3. The predicted molar refractivity (Wildman–Crippen MR) is 71.6 cm³/mol. The maximum atomic E-state index is 11.9. The third-order valence-electron chi connectivity index (χ3n) is 2.93. The second-order valence-electron chi connectivity index (χ2n) is 4.40. The minimum atomic E-state index is -1.13. The molecule has 0 spiro atoms. The van der Waals surface area contributed by atoms with E-state index in [1.165, 1.54) is 5.56 Å². The van der Waals surface area contributed by atoms with Crippen molar-refractivity contribution in [2.75, 3.05) is 25.0 Å². The number of carboxylic acids is 1. The number of benzene rings is 1. The van der Waals surface area contributed by atoms with Gasteiger partial charge in [0.05, 0.1) is 6.54 Å². The minimum absolute atomic E-state index is 0.253. The molecule has 0 bridgehead atoms. The maximum Gasteiger partial charge on any atom is 0.322 e. The van der Waals surface area contributed by atoms with E-state index in [9.17, 15) is 14.4 Å². The summed E-state index contributed by atoms with van der Waals surface area (Å²) in [6.07, 6.45) is 0.939. The lowest BCUT2D eigenvalue weighted by Crippen LogP contribution is -2.39. The van der Waals surface area contributed by atoms with Gasteiger partial charge in [0.25, 0.3) is 5.91 Å². The number of carbonyl (C=O) groups excluding carboxylic acids is 2. The van der Waals surface area contributed by atoms with Gasteiger partial charge in [0.1, 0.15) is 6.54 Å². The molecule has 1 aliphatic heterocycles. The van der Waals surface area contributed by atoms with Gasteiger partial charge in [-0.15, -0.1) is 0 Å². The molecule has 106 valence electrons. The van der Waals surface area contributed by atoms with E-state index in [0.717, 1.165) is 18.7 Å². The van der Waals surface area contributed by atoms with Crippen LogP contribution < -0.4 is 16.0 Å². The Labute approximate surface area is 115 Å². The van der Waals surface area contributed by atoms with Crippen LogP contribution in [0.4, 0.5) is 5.69 Å². The SMILES string of the molecule is O=C(O)CNC(=O)CNC(=O)c1ccc2c(c1)NCC2. The van der Waals surface area contributed by atoms with Gasteiger partial charge in [-0.1, -0.05) is 6.07 Å². The van der Waals surface area contributed by atoms with Crippen molar-refractivity contribution in [2.45, 2.75) is 6.42 Å². The van der Waals surface area contributed by atoms with Crippen LogP contribution in [0, 0.1) is 0 Å². The molecule has 0 fully saturated rings. The first-order chi connectivity index (χ1) is 9.56. The van der Waals surface area contributed by atoms with Crippen molar-refractivity contribution in [3.8, 4) is 0 Å². The number of rotatable bonds is 5. The van der Waals surface area contributed by atoms with E-state index in [1.54, 1.807) is 12.1 Å². The van der Waals surface area contributed by atoms with Crippen molar-refractivity contribution < 1.29 is 19.5 Å². The number of hydrogen-bond acceptors (Lipinski definition) is 4. The molecule has 0 atom stereocenters. The fourth-order valence-corrected chi connectivity index (χ4v) is 1.93. The molecule has 0 saturated heterocycles. The lowest BCUT2D eigenvalue weighted by molar-refractivity contribution is -0.137. The van der Waals surface area contributed by atoms with Crippen LogP contribution in [0.2, 0.25) is 0 Å². The summed E-state index contributed by atoms with van der Waals surface area (Å²) in [5.74, 6) is -2.04. The molecule has 7 nitrogen and oxygen atoms in total. The van der Waals surface area contributed by atoms with E-state index in [4.69, 9.17) is 5.11 Å². The summed E-state index contributed by atoms with van der Waals surface area (Å²) in [6.45, 7) is 0.145. The topological polar surface area (TPSA) is 108 Å². The first-order valence-electron chi connectivity index (χ1n) is 6.20. The third kappa shape index (κ3) is 3.47. The predicted octanol–water partition coefficient (Wildman–Crippen LogP) is -0.415. The van der Waals surface area contributed by atoms with E-state index < -0.39 is 18.4 Å². The lowest BCUT2D eigenvalue weighted by atomic mass is 10.1. The van der Waals surface area contributed by atoms with Crippen LogP contribution >= 0.6 is 0 Å². The van der Waals surface area contributed by atoms with Gasteiger partial charge in [0.15, 0.2) is 0 Å². The summed E-state index contributed by atoms with van der Waals surface area (Å²) in [4.78, 5) is 33.4. The molecule has 2 amide bonds. The van der Waals surface area contributed by atoms with Crippen molar-refractivity contribution in [3.05, 3.63) is 29.3 Å². The molecule has 0 unspecified atom stereocenters. The van der Waals surface area contributed by atoms with Crippen LogP contribution in [-0.2, 0) is 16.0 Å². The Hall–Kier alpha value is -2.57. The molecule has 0 radical (unpaired) electrons. The number of fused-ring (bicyclic) bond motifs is 1. The number of carbonyl (C=O) groups is 3. The van der Waals surface area contributed by atoms with Crippen LogP contribution in [-0.4, -0.2) is 42.5 Å². The van der Waals surface area contributed by atoms with Crippen LogP contribution in [0.1, 0.15) is 15.9 Å². The number of aliphatic carboxylic acids is 1. The van der Waals surface area contributed by atoms with Crippen LogP contribution in [0.5, 0.6) is 0 Å². The van der Waals surface area contributed by atoms with Gasteiger partial charge in [0, 0.05) is 17.8 Å². The zero-order valence-corrected chi connectivity index (χ0v) is 10.7. The van der Waals surface area contributed by atoms with Crippen molar-refractivity contribution in [1.29, 1.82) is 0 Å². The average molecular weight is 277 g/mol. The number of anilines is 1. The molecule has 0 saturated carbocycles. The number of hydrogen-bond donors (Lipinski definition) is 4. The molecule has 7 heteroatoms. The minimum Gasteiger partial charge on any atom is -0.480 e. The fraction of sp³-hybridized carbons (Fsp3) is 0.308. The number of amides is 2. The van der Waals surface area contributed by atoms with Gasteiger partial charge in [-0.3, -0.25) is 14.4 Å². The maximum absolute atomic E-state index is 11.9. The van der Waals surface area contributed by atoms with Gasteiger partial charge in [-0.05, 0) is 24.1 Å². The van der Waals surface area contributed by atoms with Gasteiger partial charge >= 0.3 is 5.97 Å². The molecule has 1 aromatic carbocycles. The van der Waals surface area contributed by atoms with E-state index in [-0.39, 0.29) is 12.5 Å². The first kappa shape index (κ1) is 13.9. The van der Waals surface area contributed by atoms with Crippen molar-refractivity contribution in [3.63, 3.8) is 0 Å². The molecule has 20 heavy (non-hydrogen) atoms. The Bertz CT molecular complexity index is 557. The van der Waals surface area contributed by atoms with E-state index in [2.05, 4.69) is 16.0 Å². The molecule has 4 N–H and O–H groups in total. The van der Waals surface area contributed by atoms with Crippen molar-refractivity contribution in [1.82, 2.24) is 10.6 Å². The van der Waals surface area contributed by atoms with Crippen LogP contribution in [0.15, 0.2) is 18.2 Å². The van der Waals surface area contributed by atoms with E-state index >= 15 is 0 Å². The Balaban J connectivity index is 1.86. The summed E-state index contributed by atoms with van der Waals surface area (Å²) in [5.41, 5.74) is 2.57. The van der Waals surface area contributed by atoms with E-state index in [0.29, 0.717) is 5.56 Å². The monoisotopic (exact) mass is 277 g/mol. The van der Waals surface area contributed by atoms with Gasteiger partial charge in [0.2, 0.25) is 5.91 Å². The third-order valence-corrected chi connectivity index (χ3v) is 2.93. The molecule has 1 heterocycles. The molecule has 1 aromatic rings. The van der Waals surface area contributed by atoms with Crippen LogP contribution in [0.25, 0.3) is 0 Å². The average Bonchev–Trinajstić information content (AvgIpc) is 2.89. The Morgan fingerprint density at radius 1 is 1.20 bits per heavy atom. The molecule has 1 aliphatic rings. The smallest absolute Gasteiger partial charge is 0.322 e. The summed E-state index contributed by atoms with van der Waals surface area (Å²) in [5, 5.41) is 16.2. The Kier molecular flexibility index (Phi) is 4.19. The largest absolute Gasteiger partial charge is 0.480 e. The molecule has 0 aliphatic carbocycles. The van der Waals surface area contributed by atoms with Crippen molar-refractivity contribution in [2.24, 2.45) is 0 Å². The molecule has 2 rings (SSSR count). The normalized spacial score (nSPS) is 12.2. The second-order valence-corrected chi connectivity index (χ2v) is 4.40. The molecular weight excluding hydrogens is 262 g/mol. The van der Waals surface area contributed by atoms with Gasteiger partial charge < -0.3 is 21.1 Å². The highest BCUT2D eigenvalue weighted by molar-refractivity contribution is 5.97. The summed E-state index contributed by atoms with van der Waals surface area (Å²) >= 11 is 0. The molecule has 0 aromatic heterocycles. The standard InChI is InChI=1S/C13H15N3O4/c17-11(15-7-12(18)19)6-16-13(20)9-2-1-8-3-4-14-10(8)5-9/h1-2,5,14H,3-4,6-7H2,(H,15,17)(H,16,20)(H,18,19). The summed E-state index contributed by atoms with van der Waals surface area (Å²) < 4.78 is 0. The highest BCUT2D eigenvalue weighted by atomic mass is 16.4. The zero-order chi connectivity index (χ0) is 14.5. The second kappa shape index (κ2) is 6.05.